The van der Waals surface area contributed by atoms with E-state index in [2.05, 4.69) is 10.1 Å². The molecule has 0 aliphatic heterocycles. The molecule has 0 saturated carbocycles. The Morgan fingerprint density at radius 3 is 2.65 bits per heavy atom. The van der Waals surface area contributed by atoms with E-state index in [1.165, 1.54) is 7.11 Å². The van der Waals surface area contributed by atoms with Crippen molar-refractivity contribution in [3.63, 3.8) is 0 Å². The fourth-order valence-corrected chi connectivity index (χ4v) is 1.77. The summed E-state index contributed by atoms with van der Waals surface area (Å²) >= 11 is 0. The molecule has 0 bridgehead atoms. The Morgan fingerprint density at radius 2 is 2.00 bits per heavy atom. The monoisotopic (exact) mass is 278 g/mol. The fraction of sp³-hybridized carbons (Fsp3) is 0.467. The molecule has 1 rings (SSSR count). The molecule has 0 saturated heterocycles. The number of likely N-dealkylation sites (N-methyl/N-ethyl adjacent to an activating group) is 1. The minimum atomic E-state index is -0.271. The van der Waals surface area contributed by atoms with Gasteiger partial charge in [0.05, 0.1) is 20.1 Å². The number of carbonyl (C=O) groups is 2. The fourth-order valence-electron chi connectivity index (χ4n) is 1.77. The van der Waals surface area contributed by atoms with Crippen LogP contribution in [-0.4, -0.2) is 44.0 Å². The van der Waals surface area contributed by atoms with Crippen molar-refractivity contribution in [3.8, 4) is 0 Å². The number of ether oxygens (including phenoxy) is 1. The lowest BCUT2D eigenvalue weighted by molar-refractivity contribution is -0.141. The number of nitrogens with zero attached hydrogens (tertiary/aromatic N) is 1. The number of nitrogens with one attached hydrogen (secondary N) is 1. The van der Waals surface area contributed by atoms with Gasteiger partial charge in [0.2, 0.25) is 5.91 Å². The molecule has 0 aliphatic carbocycles. The van der Waals surface area contributed by atoms with Crippen LogP contribution in [0, 0.1) is 13.8 Å². The molecular formula is C15H22N2O3. The summed E-state index contributed by atoms with van der Waals surface area (Å²) in [5.74, 6) is -0.363. The second-order valence-electron chi connectivity index (χ2n) is 4.93. The van der Waals surface area contributed by atoms with Gasteiger partial charge in [-0.05, 0) is 38.1 Å². The predicted octanol–water partition coefficient (Wildman–Crippen LogP) is 1.74. The Hall–Kier alpha value is -1.88. The van der Waals surface area contributed by atoms with Gasteiger partial charge in [0.25, 0.3) is 0 Å². The first-order valence-corrected chi connectivity index (χ1v) is 6.55. The lowest BCUT2D eigenvalue weighted by Gasteiger charge is -2.16. The highest BCUT2D eigenvalue weighted by atomic mass is 16.5. The quantitative estimate of drug-likeness (QED) is 0.805. The second-order valence-corrected chi connectivity index (χ2v) is 4.93. The van der Waals surface area contributed by atoms with Crippen molar-refractivity contribution in [1.29, 1.82) is 0 Å². The van der Waals surface area contributed by atoms with E-state index >= 15 is 0 Å². The number of anilines is 1. The highest BCUT2D eigenvalue weighted by molar-refractivity contribution is 5.93. The van der Waals surface area contributed by atoms with E-state index in [9.17, 15) is 9.59 Å². The minimum Gasteiger partial charge on any atom is -0.469 e. The van der Waals surface area contributed by atoms with E-state index < -0.39 is 0 Å². The summed E-state index contributed by atoms with van der Waals surface area (Å²) in [5, 5.41) is 2.89. The second kappa shape index (κ2) is 7.65. The van der Waals surface area contributed by atoms with Gasteiger partial charge in [-0.1, -0.05) is 12.1 Å². The lowest BCUT2D eigenvalue weighted by atomic mass is 10.1. The predicted molar refractivity (Wildman–Crippen MR) is 78.7 cm³/mol. The van der Waals surface area contributed by atoms with Gasteiger partial charge in [0, 0.05) is 12.2 Å². The Balaban J connectivity index is 2.47. The molecule has 20 heavy (non-hydrogen) atoms. The van der Waals surface area contributed by atoms with Gasteiger partial charge in [-0.3, -0.25) is 14.5 Å². The Labute approximate surface area is 119 Å². The van der Waals surface area contributed by atoms with Crippen molar-refractivity contribution in [3.05, 3.63) is 29.3 Å². The third kappa shape index (κ3) is 5.40. The third-order valence-corrected chi connectivity index (χ3v) is 3.01. The molecule has 1 aromatic rings. The average Bonchev–Trinajstić information content (AvgIpc) is 2.40. The van der Waals surface area contributed by atoms with Gasteiger partial charge in [-0.15, -0.1) is 0 Å². The first-order chi connectivity index (χ1) is 9.42. The summed E-state index contributed by atoms with van der Waals surface area (Å²) in [6.07, 6.45) is 0.282. The van der Waals surface area contributed by atoms with Gasteiger partial charge in [0.1, 0.15) is 0 Å². The maximum atomic E-state index is 11.9. The van der Waals surface area contributed by atoms with Gasteiger partial charge < -0.3 is 10.1 Å². The number of aryl methyl sites for hydroxylation is 2. The topological polar surface area (TPSA) is 58.6 Å². The number of methoxy groups -OCH3 is 1. The van der Waals surface area contributed by atoms with Crippen LogP contribution in [0.15, 0.2) is 18.2 Å². The molecule has 0 spiro atoms. The zero-order valence-electron chi connectivity index (χ0n) is 12.5. The molecule has 5 nitrogen and oxygen atoms in total. The van der Waals surface area contributed by atoms with E-state index in [4.69, 9.17) is 0 Å². The normalized spacial score (nSPS) is 10.4. The first-order valence-electron chi connectivity index (χ1n) is 6.55. The maximum Gasteiger partial charge on any atom is 0.306 e. The van der Waals surface area contributed by atoms with Crippen LogP contribution in [0.1, 0.15) is 17.5 Å². The molecule has 0 radical (unpaired) electrons. The SMILES string of the molecule is COC(=O)CCN(C)CC(=O)Nc1cc(C)ccc1C. The number of hydrogen-bond acceptors (Lipinski definition) is 4. The molecule has 0 heterocycles. The lowest BCUT2D eigenvalue weighted by Crippen LogP contribution is -2.32. The first kappa shape index (κ1) is 16.2. The number of carbonyl (C=O) groups excluding carboxylic acids is 2. The highest BCUT2D eigenvalue weighted by Gasteiger charge is 2.10. The Kier molecular flexibility index (Phi) is 6.18. The maximum absolute atomic E-state index is 11.9. The van der Waals surface area contributed by atoms with Crippen molar-refractivity contribution in [2.75, 3.05) is 32.6 Å². The summed E-state index contributed by atoms with van der Waals surface area (Å²) in [4.78, 5) is 24.7. The number of amides is 1. The molecule has 1 aromatic carbocycles. The average molecular weight is 278 g/mol. The van der Waals surface area contributed by atoms with Crippen LogP contribution in [0.5, 0.6) is 0 Å². The van der Waals surface area contributed by atoms with E-state index in [0.29, 0.717) is 6.54 Å². The molecule has 0 unspecified atom stereocenters. The zero-order valence-corrected chi connectivity index (χ0v) is 12.5. The van der Waals surface area contributed by atoms with Crippen LogP contribution in [0.3, 0.4) is 0 Å². The summed E-state index contributed by atoms with van der Waals surface area (Å²) < 4.78 is 4.56. The van der Waals surface area contributed by atoms with Crippen molar-refractivity contribution < 1.29 is 14.3 Å². The highest BCUT2D eigenvalue weighted by Crippen LogP contribution is 2.16. The summed E-state index contributed by atoms with van der Waals surface area (Å²) in [6, 6.07) is 5.93. The molecule has 1 amide bonds. The van der Waals surface area contributed by atoms with Crippen LogP contribution in [-0.2, 0) is 14.3 Å². The van der Waals surface area contributed by atoms with Crippen LogP contribution in [0.25, 0.3) is 0 Å². The van der Waals surface area contributed by atoms with E-state index in [0.717, 1.165) is 16.8 Å². The van der Waals surface area contributed by atoms with Gasteiger partial charge >= 0.3 is 5.97 Å². The molecule has 1 N–H and O–H groups in total. The Bertz CT molecular complexity index is 486. The summed E-state index contributed by atoms with van der Waals surface area (Å²) in [7, 11) is 3.15. The molecule has 110 valence electrons. The summed E-state index contributed by atoms with van der Waals surface area (Å²) in [5.41, 5.74) is 2.96. The van der Waals surface area contributed by atoms with Crippen molar-refractivity contribution >= 4 is 17.6 Å². The van der Waals surface area contributed by atoms with Crippen molar-refractivity contribution in [2.24, 2.45) is 0 Å². The molecule has 0 fully saturated rings. The van der Waals surface area contributed by atoms with Crippen LogP contribution in [0.4, 0.5) is 5.69 Å². The van der Waals surface area contributed by atoms with E-state index in [-0.39, 0.29) is 24.8 Å². The molecule has 0 atom stereocenters. The van der Waals surface area contributed by atoms with Gasteiger partial charge in [-0.25, -0.2) is 0 Å². The van der Waals surface area contributed by atoms with E-state index in [1.54, 1.807) is 11.9 Å². The van der Waals surface area contributed by atoms with Crippen LogP contribution >= 0.6 is 0 Å². The number of benzene rings is 1. The van der Waals surface area contributed by atoms with Crippen LogP contribution in [0.2, 0.25) is 0 Å². The minimum absolute atomic E-state index is 0.0916. The smallest absolute Gasteiger partial charge is 0.306 e. The van der Waals surface area contributed by atoms with Gasteiger partial charge in [-0.2, -0.15) is 0 Å². The van der Waals surface area contributed by atoms with E-state index in [1.807, 2.05) is 32.0 Å². The Morgan fingerprint density at radius 1 is 1.30 bits per heavy atom. The van der Waals surface area contributed by atoms with Crippen molar-refractivity contribution in [2.45, 2.75) is 20.3 Å². The van der Waals surface area contributed by atoms with Crippen LogP contribution < -0.4 is 5.32 Å². The molecular weight excluding hydrogens is 256 g/mol. The zero-order chi connectivity index (χ0) is 15.1. The molecule has 0 aromatic heterocycles. The molecule has 0 aliphatic rings. The molecule has 5 heteroatoms. The van der Waals surface area contributed by atoms with Crippen molar-refractivity contribution in [1.82, 2.24) is 4.90 Å². The third-order valence-electron chi connectivity index (χ3n) is 3.01. The van der Waals surface area contributed by atoms with Gasteiger partial charge in [0.15, 0.2) is 0 Å². The number of esters is 1. The standard InChI is InChI=1S/C15H22N2O3/c1-11-5-6-12(2)13(9-11)16-14(18)10-17(3)8-7-15(19)20-4/h5-6,9H,7-8,10H2,1-4H3,(H,16,18). The largest absolute Gasteiger partial charge is 0.469 e. The summed E-state index contributed by atoms with van der Waals surface area (Å²) in [6.45, 7) is 4.67. The number of hydrogen-bond donors (Lipinski definition) is 1. The number of rotatable bonds is 6.